The fourth-order valence-corrected chi connectivity index (χ4v) is 2.89. The summed E-state index contributed by atoms with van der Waals surface area (Å²) in [6.45, 7) is 3.95. The maximum Gasteiger partial charge on any atom is 0.220 e. The van der Waals surface area contributed by atoms with Gasteiger partial charge in [0.1, 0.15) is 0 Å². The normalized spacial score (nSPS) is 10.6. The van der Waals surface area contributed by atoms with Gasteiger partial charge in [0.25, 0.3) is 0 Å². The average molecular weight is 317 g/mol. The molecule has 3 nitrogen and oxygen atoms in total. The van der Waals surface area contributed by atoms with Gasteiger partial charge in [-0.3, -0.25) is 4.79 Å². The summed E-state index contributed by atoms with van der Waals surface area (Å²) in [5.74, 6) is 0.120. The Morgan fingerprint density at radius 2 is 1.95 bits per heavy atom. The van der Waals surface area contributed by atoms with Gasteiger partial charge >= 0.3 is 0 Å². The van der Waals surface area contributed by atoms with E-state index in [1.165, 1.54) is 4.88 Å². The molecule has 0 saturated heterocycles. The molecule has 1 N–H and O–H groups in total. The number of benzene rings is 1. The highest BCUT2D eigenvalue weighted by molar-refractivity contribution is 7.09. The predicted molar refractivity (Wildman–Crippen MR) is 90.9 cm³/mol. The second-order valence-electron chi connectivity index (χ2n) is 5.16. The standard InChI is InChI=1S/C18H23NO2S/c1-2-21-14-16-10-8-15(9-11-16)13-19-18(20)7-3-5-17-6-4-12-22-17/h4,6,8-12H,2-3,5,7,13-14H2,1H3,(H,19,20). The number of rotatable bonds is 9. The predicted octanol–water partition coefficient (Wildman–Crippen LogP) is 3.92. The van der Waals surface area contributed by atoms with Crippen molar-refractivity contribution in [1.29, 1.82) is 0 Å². The summed E-state index contributed by atoms with van der Waals surface area (Å²) in [6, 6.07) is 12.4. The van der Waals surface area contributed by atoms with E-state index in [2.05, 4.69) is 22.8 Å². The number of amides is 1. The van der Waals surface area contributed by atoms with Gasteiger partial charge in [-0.25, -0.2) is 0 Å². The van der Waals surface area contributed by atoms with Gasteiger partial charge in [-0.05, 0) is 42.3 Å². The van der Waals surface area contributed by atoms with E-state index >= 15 is 0 Å². The Hall–Kier alpha value is -1.65. The molecule has 4 heteroatoms. The summed E-state index contributed by atoms with van der Waals surface area (Å²) in [5.41, 5.74) is 2.28. The van der Waals surface area contributed by atoms with E-state index in [0.29, 0.717) is 19.6 Å². The van der Waals surface area contributed by atoms with Gasteiger partial charge in [0.05, 0.1) is 6.61 Å². The first-order valence-corrected chi connectivity index (χ1v) is 8.60. The fraction of sp³-hybridized carbons (Fsp3) is 0.389. The van der Waals surface area contributed by atoms with Crippen molar-refractivity contribution in [3.8, 4) is 0 Å². The van der Waals surface area contributed by atoms with Crippen molar-refractivity contribution in [2.24, 2.45) is 0 Å². The second kappa shape index (κ2) is 9.38. The van der Waals surface area contributed by atoms with Crippen molar-refractivity contribution in [3.63, 3.8) is 0 Å². The molecule has 0 aliphatic heterocycles. The quantitative estimate of drug-likeness (QED) is 0.761. The van der Waals surface area contributed by atoms with E-state index in [4.69, 9.17) is 4.74 Å². The topological polar surface area (TPSA) is 38.3 Å². The third-order valence-electron chi connectivity index (χ3n) is 3.39. The summed E-state index contributed by atoms with van der Waals surface area (Å²) < 4.78 is 5.36. The SMILES string of the molecule is CCOCc1ccc(CNC(=O)CCCc2cccs2)cc1. The van der Waals surface area contributed by atoms with Crippen LogP contribution in [0.5, 0.6) is 0 Å². The van der Waals surface area contributed by atoms with Crippen LogP contribution in [0.25, 0.3) is 0 Å². The van der Waals surface area contributed by atoms with E-state index in [0.717, 1.165) is 30.6 Å². The van der Waals surface area contributed by atoms with Crippen molar-refractivity contribution in [1.82, 2.24) is 5.32 Å². The number of nitrogens with one attached hydrogen (secondary N) is 1. The minimum Gasteiger partial charge on any atom is -0.377 e. The number of carbonyl (C=O) groups is 1. The van der Waals surface area contributed by atoms with Gasteiger partial charge < -0.3 is 10.1 Å². The number of ether oxygens (including phenoxy) is 1. The molecule has 0 aliphatic rings. The molecule has 1 aromatic heterocycles. The molecular weight excluding hydrogens is 294 g/mol. The van der Waals surface area contributed by atoms with Crippen molar-refractivity contribution in [3.05, 3.63) is 57.8 Å². The van der Waals surface area contributed by atoms with Crippen LogP contribution in [0.3, 0.4) is 0 Å². The van der Waals surface area contributed by atoms with E-state index in [1.807, 2.05) is 31.2 Å². The van der Waals surface area contributed by atoms with Crippen molar-refractivity contribution in [2.45, 2.75) is 39.3 Å². The Morgan fingerprint density at radius 1 is 1.18 bits per heavy atom. The lowest BCUT2D eigenvalue weighted by Crippen LogP contribution is -2.22. The Balaban J connectivity index is 1.65. The van der Waals surface area contributed by atoms with Crippen LogP contribution in [0.4, 0.5) is 0 Å². The highest BCUT2D eigenvalue weighted by Crippen LogP contribution is 2.12. The maximum atomic E-state index is 11.8. The minimum absolute atomic E-state index is 0.120. The monoisotopic (exact) mass is 317 g/mol. The van der Waals surface area contributed by atoms with E-state index in [-0.39, 0.29) is 5.91 Å². The molecular formula is C18H23NO2S. The Labute approximate surface area is 136 Å². The first kappa shape index (κ1) is 16.7. The summed E-state index contributed by atoms with van der Waals surface area (Å²) in [5, 5.41) is 5.05. The average Bonchev–Trinajstić information content (AvgIpc) is 3.05. The summed E-state index contributed by atoms with van der Waals surface area (Å²) in [4.78, 5) is 13.2. The van der Waals surface area contributed by atoms with Crippen LogP contribution in [0, 0.1) is 0 Å². The second-order valence-corrected chi connectivity index (χ2v) is 6.20. The largest absolute Gasteiger partial charge is 0.377 e. The van der Waals surface area contributed by atoms with Crippen LogP contribution in [0.2, 0.25) is 0 Å². The summed E-state index contributed by atoms with van der Waals surface area (Å²) in [6.07, 6.45) is 2.47. The Bertz CT molecular complexity index is 549. The molecule has 0 aliphatic carbocycles. The van der Waals surface area contributed by atoms with Crippen LogP contribution >= 0.6 is 11.3 Å². The summed E-state index contributed by atoms with van der Waals surface area (Å²) >= 11 is 1.75. The minimum atomic E-state index is 0.120. The lowest BCUT2D eigenvalue weighted by molar-refractivity contribution is -0.121. The molecule has 0 saturated carbocycles. The van der Waals surface area contributed by atoms with E-state index in [9.17, 15) is 4.79 Å². The molecule has 1 aromatic carbocycles. The zero-order valence-electron chi connectivity index (χ0n) is 13.0. The van der Waals surface area contributed by atoms with Gasteiger partial charge in [0, 0.05) is 24.4 Å². The zero-order valence-corrected chi connectivity index (χ0v) is 13.8. The number of thiophene rings is 1. The van der Waals surface area contributed by atoms with Gasteiger partial charge in [0.2, 0.25) is 5.91 Å². The number of carbonyl (C=O) groups excluding carboxylic acids is 1. The van der Waals surface area contributed by atoms with Gasteiger partial charge in [-0.15, -0.1) is 11.3 Å². The highest BCUT2D eigenvalue weighted by Gasteiger charge is 2.03. The van der Waals surface area contributed by atoms with Gasteiger partial charge in [-0.1, -0.05) is 30.3 Å². The maximum absolute atomic E-state index is 11.8. The van der Waals surface area contributed by atoms with Crippen LogP contribution in [-0.4, -0.2) is 12.5 Å². The molecule has 0 spiro atoms. The molecule has 0 radical (unpaired) electrons. The molecule has 0 atom stereocenters. The molecule has 0 bridgehead atoms. The molecule has 2 aromatic rings. The smallest absolute Gasteiger partial charge is 0.220 e. The summed E-state index contributed by atoms with van der Waals surface area (Å²) in [7, 11) is 0. The van der Waals surface area contributed by atoms with Crippen molar-refractivity contribution < 1.29 is 9.53 Å². The first-order valence-electron chi connectivity index (χ1n) is 7.72. The number of aryl methyl sites for hydroxylation is 1. The molecule has 1 heterocycles. The molecule has 2 rings (SSSR count). The third kappa shape index (κ3) is 6.00. The molecule has 0 fully saturated rings. The lowest BCUT2D eigenvalue weighted by Gasteiger charge is -2.07. The molecule has 0 unspecified atom stereocenters. The number of hydrogen-bond acceptors (Lipinski definition) is 3. The van der Waals surface area contributed by atoms with Crippen LogP contribution in [0.1, 0.15) is 35.8 Å². The van der Waals surface area contributed by atoms with E-state index in [1.54, 1.807) is 11.3 Å². The van der Waals surface area contributed by atoms with Crippen molar-refractivity contribution >= 4 is 17.2 Å². The highest BCUT2D eigenvalue weighted by atomic mass is 32.1. The third-order valence-corrected chi connectivity index (χ3v) is 4.33. The first-order chi connectivity index (χ1) is 10.8. The van der Waals surface area contributed by atoms with E-state index < -0.39 is 0 Å². The number of hydrogen-bond donors (Lipinski definition) is 1. The fourth-order valence-electron chi connectivity index (χ4n) is 2.14. The van der Waals surface area contributed by atoms with Crippen LogP contribution in [-0.2, 0) is 29.1 Å². The molecule has 1 amide bonds. The molecule has 118 valence electrons. The van der Waals surface area contributed by atoms with Crippen LogP contribution in [0.15, 0.2) is 41.8 Å². The lowest BCUT2D eigenvalue weighted by atomic mass is 10.1. The van der Waals surface area contributed by atoms with Crippen molar-refractivity contribution in [2.75, 3.05) is 6.61 Å². The zero-order chi connectivity index (χ0) is 15.6. The van der Waals surface area contributed by atoms with Gasteiger partial charge in [-0.2, -0.15) is 0 Å². The Morgan fingerprint density at radius 3 is 2.64 bits per heavy atom. The Kier molecular flexibility index (Phi) is 7.13. The molecule has 22 heavy (non-hydrogen) atoms. The van der Waals surface area contributed by atoms with Crippen LogP contribution < -0.4 is 5.32 Å². The van der Waals surface area contributed by atoms with Gasteiger partial charge in [0.15, 0.2) is 0 Å².